The Kier molecular flexibility index (Phi) is 11.0. The Labute approximate surface area is 288 Å². The van der Waals surface area contributed by atoms with Gasteiger partial charge in [0.15, 0.2) is 11.4 Å². The van der Waals surface area contributed by atoms with Crippen LogP contribution in [0.25, 0.3) is 11.3 Å². The van der Waals surface area contributed by atoms with Crippen LogP contribution in [0.3, 0.4) is 0 Å². The molecule has 3 heterocycles. The summed E-state index contributed by atoms with van der Waals surface area (Å²) >= 11 is 0. The van der Waals surface area contributed by atoms with Gasteiger partial charge in [-0.15, -0.1) is 5.10 Å². The van der Waals surface area contributed by atoms with Crippen molar-refractivity contribution in [2.45, 2.75) is 103 Å². The van der Waals surface area contributed by atoms with Crippen LogP contribution in [0.5, 0.6) is 0 Å². The van der Waals surface area contributed by atoms with Gasteiger partial charge in [-0.05, 0) is 51.6 Å². The minimum absolute atomic E-state index is 0.0869. The van der Waals surface area contributed by atoms with E-state index in [2.05, 4.69) is 22.2 Å². The molecule has 2 aliphatic heterocycles. The molecule has 14 heteroatoms. The highest BCUT2D eigenvalue weighted by molar-refractivity contribution is 6.17. The molecule has 2 N–H and O–H groups in total. The number of carbonyl (C=O) groups excluding carboxylic acids is 4. The number of nitrogens with zero attached hydrogens (tertiary/aromatic N) is 4. The molecule has 0 aliphatic carbocycles. The predicted molar refractivity (Wildman–Crippen MR) is 180 cm³/mol. The fraction of sp³-hybridized carbons (Fsp3) is 0.600. The van der Waals surface area contributed by atoms with Gasteiger partial charge in [-0.25, -0.2) is 18.7 Å². The maximum atomic E-state index is 16.1. The fourth-order valence-corrected chi connectivity index (χ4v) is 7.13. The number of alkyl halides is 1. The van der Waals surface area contributed by atoms with Crippen molar-refractivity contribution in [1.29, 1.82) is 0 Å². The number of fused-ring (bicyclic) bond motifs is 1. The van der Waals surface area contributed by atoms with Crippen LogP contribution in [0.15, 0.2) is 30.5 Å². The molecule has 0 unspecified atom stereocenters. The molecular formula is C35H45BFN5O7. The number of Topliss-reactive ketones (excluding diaryl/α,β-unsaturated/α-hetero) is 2. The number of nitrogen functional groups attached to an aromatic ring is 1. The van der Waals surface area contributed by atoms with E-state index in [1.807, 2.05) is 12.1 Å². The fourth-order valence-electron chi connectivity index (χ4n) is 7.13. The van der Waals surface area contributed by atoms with Gasteiger partial charge in [-0.3, -0.25) is 14.5 Å². The molecule has 1 amide bonds. The summed E-state index contributed by atoms with van der Waals surface area (Å²) < 4.78 is 34.9. The zero-order valence-corrected chi connectivity index (χ0v) is 29.4. The number of carbonyl (C=O) groups is 4. The first kappa shape index (κ1) is 37.6. The van der Waals surface area contributed by atoms with Gasteiger partial charge in [0.1, 0.15) is 24.1 Å². The number of anilines is 1. The number of rotatable bonds is 5. The summed E-state index contributed by atoms with van der Waals surface area (Å²) in [4.78, 5) is 55.7. The van der Waals surface area contributed by atoms with Crippen molar-refractivity contribution in [3.05, 3.63) is 30.5 Å². The molecule has 1 aromatic carbocycles. The van der Waals surface area contributed by atoms with E-state index in [4.69, 9.17) is 27.8 Å². The zero-order chi connectivity index (χ0) is 36.5. The van der Waals surface area contributed by atoms with Crippen LogP contribution < -0.4 is 5.73 Å². The number of benzene rings is 1. The predicted octanol–water partition coefficient (Wildman–Crippen LogP) is 3.97. The molecule has 2 fully saturated rings. The second kappa shape index (κ2) is 14.3. The van der Waals surface area contributed by atoms with Gasteiger partial charge in [0.05, 0.1) is 32.2 Å². The number of ether oxygens (including phenoxy) is 3. The number of cyclic esters (lactones) is 1. The van der Waals surface area contributed by atoms with E-state index in [9.17, 15) is 19.2 Å². The van der Waals surface area contributed by atoms with E-state index in [1.54, 1.807) is 52.9 Å². The Bertz CT molecular complexity index is 1660. The number of methoxy groups -OCH3 is 1. The number of ketones is 2. The molecule has 2 saturated heterocycles. The lowest BCUT2D eigenvalue weighted by molar-refractivity contribution is -0.180. The van der Waals surface area contributed by atoms with Crippen LogP contribution in [0.1, 0.15) is 61.3 Å². The summed E-state index contributed by atoms with van der Waals surface area (Å²) in [6, 6.07) is 6.25. The average Bonchev–Trinajstić information content (AvgIpc) is 3.64. The lowest BCUT2D eigenvalue weighted by Crippen LogP contribution is -2.59. The molecule has 0 saturated carbocycles. The van der Waals surface area contributed by atoms with Crippen molar-refractivity contribution in [3.63, 3.8) is 0 Å². The Morgan fingerprint density at radius 3 is 2.41 bits per heavy atom. The van der Waals surface area contributed by atoms with Gasteiger partial charge in [0.25, 0.3) is 5.67 Å². The van der Waals surface area contributed by atoms with Crippen molar-refractivity contribution in [3.8, 4) is 23.1 Å². The molecule has 262 valence electrons. The summed E-state index contributed by atoms with van der Waals surface area (Å²) in [6.07, 6.45) is -0.103. The molecule has 2 aliphatic rings. The molecule has 9 atom stereocenters. The normalized spacial score (nSPS) is 34.3. The van der Waals surface area contributed by atoms with Crippen molar-refractivity contribution in [2.24, 2.45) is 17.8 Å². The largest absolute Gasteiger partial charge is 0.455 e. The summed E-state index contributed by atoms with van der Waals surface area (Å²) in [5.41, 5.74) is 1.97. The lowest BCUT2D eigenvalue weighted by atomic mass is 9.61. The minimum atomic E-state index is -3.07. The van der Waals surface area contributed by atoms with Crippen LogP contribution in [-0.4, -0.2) is 94.0 Å². The van der Waals surface area contributed by atoms with E-state index in [1.165, 1.54) is 23.6 Å². The molecular weight excluding hydrogens is 632 g/mol. The molecule has 2 aromatic rings. The third-order valence-corrected chi connectivity index (χ3v) is 10.2. The first-order chi connectivity index (χ1) is 22.9. The van der Waals surface area contributed by atoms with Crippen molar-refractivity contribution in [2.75, 3.05) is 19.4 Å². The first-order valence-electron chi connectivity index (χ1n) is 16.4. The Morgan fingerprint density at radius 2 is 1.78 bits per heavy atom. The van der Waals surface area contributed by atoms with Gasteiger partial charge in [0, 0.05) is 36.1 Å². The van der Waals surface area contributed by atoms with E-state index < -0.39 is 70.4 Å². The quantitative estimate of drug-likeness (QED) is 0.162. The highest BCUT2D eigenvalue weighted by atomic mass is 19.1. The molecule has 49 heavy (non-hydrogen) atoms. The van der Waals surface area contributed by atoms with Gasteiger partial charge < -0.3 is 19.9 Å². The monoisotopic (exact) mass is 677 g/mol. The summed E-state index contributed by atoms with van der Waals surface area (Å²) in [7, 11) is 7.88. The maximum Gasteiger partial charge on any atom is 0.411 e. The van der Waals surface area contributed by atoms with Crippen LogP contribution >= 0.6 is 0 Å². The summed E-state index contributed by atoms with van der Waals surface area (Å²) in [5, 5.41) is 8.28. The van der Waals surface area contributed by atoms with Crippen LogP contribution in [-0.2, 0) is 35.1 Å². The number of esters is 1. The smallest absolute Gasteiger partial charge is 0.411 e. The van der Waals surface area contributed by atoms with E-state index in [0.29, 0.717) is 11.4 Å². The zero-order valence-electron chi connectivity index (χ0n) is 29.4. The second-order valence-electron chi connectivity index (χ2n) is 13.7. The van der Waals surface area contributed by atoms with Gasteiger partial charge in [0.2, 0.25) is 0 Å². The third-order valence-electron chi connectivity index (χ3n) is 10.2. The molecule has 2 radical (unpaired) electrons. The highest BCUT2D eigenvalue weighted by Gasteiger charge is 2.61. The SMILES string of the molecule is [B][C@@H]1[C@@H](C)C(=O)[C@](C)(F)C(=O)O[C@H](CC)[C@@]2(C)OC(=O)N(CC#CCn3cc(-c4cccc(N)c4)nn3)[C@@H]2[C@@H](C)C(=O)[C@H](C)C[C@@]1(C)OC. The first-order valence-corrected chi connectivity index (χ1v) is 16.4. The Hall–Kier alpha value is -4.25. The topological polar surface area (TPSA) is 156 Å². The van der Waals surface area contributed by atoms with Crippen molar-refractivity contribution >= 4 is 37.2 Å². The molecule has 4 rings (SSSR count). The summed E-state index contributed by atoms with van der Waals surface area (Å²) in [5.74, 6) is -0.558. The summed E-state index contributed by atoms with van der Waals surface area (Å²) in [6.45, 7) is 10.5. The number of hydrogen-bond acceptors (Lipinski definition) is 10. The molecule has 0 spiro atoms. The van der Waals surface area contributed by atoms with Crippen LogP contribution in [0.4, 0.5) is 14.9 Å². The van der Waals surface area contributed by atoms with E-state index in [-0.39, 0.29) is 31.7 Å². The number of halogens is 1. The van der Waals surface area contributed by atoms with Crippen LogP contribution in [0.2, 0.25) is 5.82 Å². The third kappa shape index (κ3) is 7.22. The van der Waals surface area contributed by atoms with Gasteiger partial charge in [-0.1, -0.05) is 56.9 Å². The maximum absolute atomic E-state index is 16.1. The Morgan fingerprint density at radius 1 is 1.10 bits per heavy atom. The Balaban J connectivity index is 1.68. The molecule has 0 bridgehead atoms. The van der Waals surface area contributed by atoms with Gasteiger partial charge in [-0.2, -0.15) is 0 Å². The average molecular weight is 678 g/mol. The number of hydrogen-bond donors (Lipinski definition) is 1. The molecule has 12 nitrogen and oxygen atoms in total. The van der Waals surface area contributed by atoms with Crippen molar-refractivity contribution in [1.82, 2.24) is 19.9 Å². The standard InChI is InChI=1S/C35H45BFN5O7/c1-9-26-35(7)29(42(32(46)49-35)16-11-10-15-41-19-25(39-40-41)23-13-12-14-24(38)17-23)21(3)27(43)20(2)18-33(5,47-8)28(36)22(4)30(44)34(6,37)31(45)48-26/h12-14,17,19-22,26,28-29H,9,15-16,18,38H2,1-8H3/t20-,21+,22-,26-,28-,29-,33-,34+,35-/m1/s1. The number of amides is 1. The van der Waals surface area contributed by atoms with Gasteiger partial charge >= 0.3 is 12.1 Å². The van der Waals surface area contributed by atoms with Crippen LogP contribution in [0, 0.1) is 29.6 Å². The second-order valence-corrected chi connectivity index (χ2v) is 13.7. The van der Waals surface area contributed by atoms with Crippen molar-refractivity contribution < 1.29 is 37.8 Å². The lowest BCUT2D eigenvalue weighted by Gasteiger charge is -2.43. The number of aromatic nitrogens is 3. The molecule has 1 aromatic heterocycles. The number of nitrogens with two attached hydrogens (primary N) is 1. The van der Waals surface area contributed by atoms with E-state index in [0.717, 1.165) is 12.5 Å². The highest BCUT2D eigenvalue weighted by Crippen LogP contribution is 2.44. The minimum Gasteiger partial charge on any atom is -0.455 e. The van der Waals surface area contributed by atoms with E-state index >= 15 is 4.39 Å².